The lowest BCUT2D eigenvalue weighted by atomic mass is 9.93. The first-order valence-electron chi connectivity index (χ1n) is 9.70. The third-order valence-corrected chi connectivity index (χ3v) is 5.20. The van der Waals surface area contributed by atoms with Gasteiger partial charge in [0.05, 0.1) is 17.4 Å². The summed E-state index contributed by atoms with van der Waals surface area (Å²) in [5.74, 6) is 0.486. The average molecular weight is 374 g/mol. The van der Waals surface area contributed by atoms with E-state index in [9.17, 15) is 4.79 Å². The minimum Gasteiger partial charge on any atom is -0.459 e. The van der Waals surface area contributed by atoms with Crippen molar-refractivity contribution in [3.8, 4) is 11.3 Å². The molecule has 0 aliphatic heterocycles. The molecule has 0 spiro atoms. The van der Waals surface area contributed by atoms with Gasteiger partial charge in [-0.15, -0.1) is 11.6 Å². The lowest BCUT2D eigenvalue weighted by Gasteiger charge is -2.17. The second-order valence-corrected chi connectivity index (χ2v) is 7.60. The van der Waals surface area contributed by atoms with Crippen molar-refractivity contribution in [1.82, 2.24) is 4.57 Å². The summed E-state index contributed by atoms with van der Waals surface area (Å²) in [6.07, 6.45) is 6.18. The number of rotatable bonds is 7. The number of aromatic nitrogens is 1. The van der Waals surface area contributed by atoms with Gasteiger partial charge < -0.3 is 9.30 Å². The lowest BCUT2D eigenvalue weighted by Crippen LogP contribution is -2.14. The van der Waals surface area contributed by atoms with E-state index in [0.29, 0.717) is 5.88 Å². The fraction of sp³-hybridized carbons (Fsp3) is 0.500. The number of benzene rings is 1. The predicted octanol–water partition coefficient (Wildman–Crippen LogP) is 5.62. The van der Waals surface area contributed by atoms with E-state index < -0.39 is 0 Å². The molecule has 1 aromatic carbocycles. The summed E-state index contributed by atoms with van der Waals surface area (Å²) in [5.41, 5.74) is 5.42. The zero-order chi connectivity index (χ0) is 18.5. The Morgan fingerprint density at radius 2 is 1.88 bits per heavy atom. The Balaban J connectivity index is 2.15. The van der Waals surface area contributed by atoms with E-state index in [4.69, 9.17) is 16.3 Å². The minimum atomic E-state index is -0.187. The maximum absolute atomic E-state index is 13.0. The topological polar surface area (TPSA) is 31.2 Å². The van der Waals surface area contributed by atoms with E-state index in [1.54, 1.807) is 0 Å². The molecule has 1 aromatic heterocycles. The van der Waals surface area contributed by atoms with Crippen LogP contribution in [0.5, 0.6) is 0 Å². The van der Waals surface area contributed by atoms with Crippen molar-refractivity contribution in [2.45, 2.75) is 65.0 Å². The fourth-order valence-electron chi connectivity index (χ4n) is 3.87. The molecule has 1 aliphatic rings. The molecule has 3 rings (SSSR count). The van der Waals surface area contributed by atoms with Crippen molar-refractivity contribution >= 4 is 17.6 Å². The smallest absolute Gasteiger partial charge is 0.340 e. The van der Waals surface area contributed by atoms with E-state index >= 15 is 0 Å². The van der Waals surface area contributed by atoms with Crippen molar-refractivity contribution in [3.63, 3.8) is 0 Å². The van der Waals surface area contributed by atoms with Crippen LogP contribution >= 0.6 is 11.6 Å². The number of carbonyl (C=O) groups excluding carboxylic acids is 1. The van der Waals surface area contributed by atoms with Crippen LogP contribution in [0.4, 0.5) is 0 Å². The average Bonchev–Trinajstić information content (AvgIpc) is 2.97. The Morgan fingerprint density at radius 1 is 1.15 bits per heavy atom. The third kappa shape index (κ3) is 3.98. The van der Waals surface area contributed by atoms with Crippen molar-refractivity contribution in [1.29, 1.82) is 0 Å². The number of unbranched alkanes of at least 4 members (excludes halogenated alkanes) is 1. The maximum Gasteiger partial charge on any atom is 0.340 e. The van der Waals surface area contributed by atoms with Gasteiger partial charge in [-0.3, -0.25) is 0 Å². The predicted molar refractivity (Wildman–Crippen MR) is 107 cm³/mol. The fourth-order valence-corrected chi connectivity index (χ4v) is 4.06. The van der Waals surface area contributed by atoms with Crippen LogP contribution in [0, 0.1) is 0 Å². The first-order valence-corrected chi connectivity index (χ1v) is 10.2. The summed E-state index contributed by atoms with van der Waals surface area (Å²) in [5, 5.41) is 0. The lowest BCUT2D eigenvalue weighted by molar-refractivity contribution is 0.0377. The van der Waals surface area contributed by atoms with Gasteiger partial charge in [-0.05, 0) is 63.5 Å². The van der Waals surface area contributed by atoms with Gasteiger partial charge >= 0.3 is 5.97 Å². The Kier molecular flexibility index (Phi) is 6.42. The minimum absolute atomic E-state index is 0.120. The van der Waals surface area contributed by atoms with E-state index in [2.05, 4.69) is 16.7 Å². The number of nitrogens with zero attached hydrogens (tertiary/aromatic N) is 1. The highest BCUT2D eigenvalue weighted by Crippen LogP contribution is 2.37. The van der Waals surface area contributed by atoms with Crippen LogP contribution in [0.1, 0.15) is 61.1 Å². The Morgan fingerprint density at radius 3 is 2.58 bits per heavy atom. The van der Waals surface area contributed by atoms with Gasteiger partial charge in [0.25, 0.3) is 0 Å². The van der Waals surface area contributed by atoms with E-state index in [1.807, 2.05) is 32.0 Å². The number of hydrogen-bond donors (Lipinski definition) is 0. The highest BCUT2D eigenvalue weighted by atomic mass is 35.5. The van der Waals surface area contributed by atoms with Crippen LogP contribution in [0.15, 0.2) is 30.3 Å². The number of fused-ring (bicyclic) bond motifs is 1. The molecule has 26 heavy (non-hydrogen) atoms. The molecule has 2 aromatic rings. The summed E-state index contributed by atoms with van der Waals surface area (Å²) < 4.78 is 8.00. The molecule has 0 amide bonds. The second-order valence-electron chi connectivity index (χ2n) is 7.22. The monoisotopic (exact) mass is 373 g/mol. The first-order chi connectivity index (χ1) is 12.6. The molecule has 0 bridgehead atoms. The first kappa shape index (κ1) is 19.0. The number of esters is 1. The van der Waals surface area contributed by atoms with Crippen molar-refractivity contribution in [2.24, 2.45) is 0 Å². The number of carbonyl (C=O) groups is 1. The molecule has 140 valence electrons. The molecule has 4 heteroatoms. The van der Waals surface area contributed by atoms with Crippen molar-refractivity contribution in [2.75, 3.05) is 5.88 Å². The molecule has 0 saturated carbocycles. The van der Waals surface area contributed by atoms with Crippen LogP contribution < -0.4 is 0 Å². The van der Waals surface area contributed by atoms with Crippen LogP contribution in [-0.4, -0.2) is 22.5 Å². The highest BCUT2D eigenvalue weighted by Gasteiger charge is 2.30. The molecule has 0 unspecified atom stereocenters. The standard InChI is InChI=1S/C22H28ClNO2/c1-16(2)26-22(25)20-18-12-6-7-13-19(18)24(15-9-8-14-23)21(20)17-10-4-3-5-11-17/h3-5,10-11,16H,6-9,12-15H2,1-2H3. The molecule has 1 heterocycles. The largest absolute Gasteiger partial charge is 0.459 e. The molecular formula is C22H28ClNO2. The van der Waals surface area contributed by atoms with Gasteiger partial charge in [-0.2, -0.15) is 0 Å². The quantitative estimate of drug-likeness (QED) is 0.358. The van der Waals surface area contributed by atoms with Gasteiger partial charge in [0.15, 0.2) is 0 Å². The van der Waals surface area contributed by atoms with E-state index in [-0.39, 0.29) is 12.1 Å². The molecule has 0 atom stereocenters. The van der Waals surface area contributed by atoms with Crippen molar-refractivity contribution < 1.29 is 9.53 Å². The molecule has 1 aliphatic carbocycles. The van der Waals surface area contributed by atoms with Crippen molar-refractivity contribution in [3.05, 3.63) is 47.2 Å². The molecule has 0 radical (unpaired) electrons. The molecule has 3 nitrogen and oxygen atoms in total. The van der Waals surface area contributed by atoms with E-state index in [1.165, 1.54) is 17.7 Å². The van der Waals surface area contributed by atoms with Gasteiger partial charge in [0.2, 0.25) is 0 Å². The molecule has 0 saturated heterocycles. The number of halogens is 1. The number of hydrogen-bond acceptors (Lipinski definition) is 2. The third-order valence-electron chi connectivity index (χ3n) is 4.93. The van der Waals surface area contributed by atoms with Gasteiger partial charge in [-0.1, -0.05) is 30.3 Å². The Hall–Kier alpha value is -1.74. The summed E-state index contributed by atoms with van der Waals surface area (Å²) in [6.45, 7) is 4.71. The SMILES string of the molecule is CC(C)OC(=O)c1c2c(n(CCCCCl)c1-c1ccccc1)CCCC2. The second kappa shape index (κ2) is 8.77. The normalized spacial score (nSPS) is 13.7. The summed E-state index contributed by atoms with van der Waals surface area (Å²) in [4.78, 5) is 13.0. The zero-order valence-electron chi connectivity index (χ0n) is 15.8. The Labute approximate surface area is 161 Å². The summed E-state index contributed by atoms with van der Waals surface area (Å²) in [6, 6.07) is 10.2. The zero-order valence-corrected chi connectivity index (χ0v) is 16.5. The molecule has 0 N–H and O–H groups in total. The van der Waals surface area contributed by atoms with Gasteiger partial charge in [-0.25, -0.2) is 4.79 Å². The summed E-state index contributed by atoms with van der Waals surface area (Å²) in [7, 11) is 0. The maximum atomic E-state index is 13.0. The molecule has 0 fully saturated rings. The summed E-state index contributed by atoms with van der Waals surface area (Å²) >= 11 is 5.90. The number of ether oxygens (including phenoxy) is 1. The van der Waals surface area contributed by atoms with Crippen LogP contribution in [0.25, 0.3) is 11.3 Å². The van der Waals surface area contributed by atoms with Gasteiger partial charge in [0.1, 0.15) is 0 Å². The highest BCUT2D eigenvalue weighted by molar-refractivity contribution is 6.17. The molecular weight excluding hydrogens is 346 g/mol. The van der Waals surface area contributed by atoms with Crippen LogP contribution in [0.3, 0.4) is 0 Å². The van der Waals surface area contributed by atoms with E-state index in [0.717, 1.165) is 55.5 Å². The van der Waals surface area contributed by atoms with Crippen LogP contribution in [0.2, 0.25) is 0 Å². The number of alkyl halides is 1. The van der Waals surface area contributed by atoms with Gasteiger partial charge in [0, 0.05) is 18.1 Å². The Bertz CT molecular complexity index is 749. The van der Waals surface area contributed by atoms with Crippen LogP contribution in [-0.2, 0) is 24.1 Å².